The zero-order valence-corrected chi connectivity index (χ0v) is 18.1. The lowest BCUT2D eigenvalue weighted by molar-refractivity contribution is -0.145. The van der Waals surface area contributed by atoms with Gasteiger partial charge >= 0.3 is 11.9 Å². The summed E-state index contributed by atoms with van der Waals surface area (Å²) in [5.74, 6) is -0.634. The first-order valence-corrected chi connectivity index (χ1v) is 9.84. The predicted molar refractivity (Wildman–Crippen MR) is 109 cm³/mol. The van der Waals surface area contributed by atoms with Crippen molar-refractivity contribution in [3.8, 4) is 11.5 Å². The van der Waals surface area contributed by atoms with Crippen molar-refractivity contribution < 1.29 is 28.9 Å². The zero-order valence-electron chi connectivity index (χ0n) is 16.5. The first kappa shape index (κ1) is 22.0. The lowest BCUT2D eigenvalue weighted by Crippen LogP contribution is -2.16. The minimum Gasteiger partial charge on any atom is -0.507 e. The number of ether oxygens (including phenoxy) is 3. The maximum absolute atomic E-state index is 12.0. The molecule has 0 radical (unpaired) electrons. The van der Waals surface area contributed by atoms with Gasteiger partial charge in [0, 0.05) is 11.1 Å². The van der Waals surface area contributed by atoms with Crippen LogP contribution < -0.4 is 4.74 Å². The summed E-state index contributed by atoms with van der Waals surface area (Å²) in [6.07, 6.45) is 5.24. The minimum atomic E-state index is -0.521. The van der Waals surface area contributed by atoms with Gasteiger partial charge in [-0.1, -0.05) is 33.7 Å². The SMILES string of the molecule is COC(=O)C(CC=CBr)CC(C)=CCc1c(O)c2c(c(C)c1OC)COC2=O. The molecule has 1 aromatic carbocycles. The molecular weight excluding hydrogens is 428 g/mol. The molecule has 0 amide bonds. The van der Waals surface area contributed by atoms with Gasteiger partial charge in [-0.2, -0.15) is 0 Å². The number of benzene rings is 1. The van der Waals surface area contributed by atoms with E-state index >= 15 is 0 Å². The van der Waals surface area contributed by atoms with Crippen LogP contribution in [0.3, 0.4) is 0 Å². The van der Waals surface area contributed by atoms with E-state index in [1.54, 1.807) is 4.99 Å². The Morgan fingerprint density at radius 1 is 1.39 bits per heavy atom. The number of hydrogen-bond acceptors (Lipinski definition) is 6. The van der Waals surface area contributed by atoms with Crippen LogP contribution in [-0.4, -0.2) is 31.3 Å². The Bertz CT molecular complexity index is 825. The molecular formula is C21H25BrO6. The molecule has 1 aliphatic heterocycles. The van der Waals surface area contributed by atoms with Gasteiger partial charge in [0.05, 0.1) is 20.1 Å². The molecule has 7 heteroatoms. The molecule has 28 heavy (non-hydrogen) atoms. The highest BCUT2D eigenvalue weighted by molar-refractivity contribution is 9.11. The van der Waals surface area contributed by atoms with Crippen LogP contribution in [0.5, 0.6) is 11.5 Å². The molecule has 1 N–H and O–H groups in total. The summed E-state index contributed by atoms with van der Waals surface area (Å²) in [6, 6.07) is 0. The first-order valence-electron chi connectivity index (χ1n) is 8.92. The maximum atomic E-state index is 12.0. The second kappa shape index (κ2) is 9.78. The van der Waals surface area contributed by atoms with Crippen molar-refractivity contribution in [2.75, 3.05) is 14.2 Å². The summed E-state index contributed by atoms with van der Waals surface area (Å²) in [5.41, 5.74) is 3.18. The highest BCUT2D eigenvalue weighted by atomic mass is 79.9. The van der Waals surface area contributed by atoms with E-state index in [4.69, 9.17) is 14.2 Å². The highest BCUT2D eigenvalue weighted by Gasteiger charge is 2.31. The molecule has 0 aromatic heterocycles. The number of hydrogen-bond donors (Lipinski definition) is 1. The largest absolute Gasteiger partial charge is 0.507 e. The summed E-state index contributed by atoms with van der Waals surface area (Å²) >= 11 is 3.21. The standard InChI is InChI=1S/C21H25BrO6/c1-12(10-14(6-5-9-22)20(24)27-4)7-8-15-18(23)17-16(11-28-21(17)25)13(2)19(15)26-3/h5,7,9,14,23H,6,8,10-11H2,1-4H3. The van der Waals surface area contributed by atoms with Crippen LogP contribution in [0.4, 0.5) is 0 Å². The summed E-state index contributed by atoms with van der Waals surface area (Å²) in [5, 5.41) is 10.7. The molecule has 2 rings (SSSR count). The second-order valence-corrected chi connectivity index (χ2v) is 7.22. The molecule has 1 unspecified atom stereocenters. The molecule has 0 saturated carbocycles. The predicted octanol–water partition coefficient (Wildman–Crippen LogP) is 4.35. The van der Waals surface area contributed by atoms with Gasteiger partial charge in [-0.15, -0.1) is 0 Å². The van der Waals surface area contributed by atoms with Crippen molar-refractivity contribution in [3.05, 3.63) is 45.0 Å². The molecule has 1 heterocycles. The number of rotatable bonds is 8. The van der Waals surface area contributed by atoms with Crippen LogP contribution in [0, 0.1) is 12.8 Å². The fourth-order valence-corrected chi connectivity index (χ4v) is 3.64. The van der Waals surface area contributed by atoms with E-state index in [1.165, 1.54) is 14.2 Å². The molecule has 6 nitrogen and oxygen atoms in total. The smallest absolute Gasteiger partial charge is 0.342 e. The third-order valence-electron chi connectivity index (χ3n) is 4.91. The van der Waals surface area contributed by atoms with Gasteiger partial charge in [-0.3, -0.25) is 4.79 Å². The number of phenols is 1. The number of phenolic OH excluding ortho intramolecular Hbond substituents is 1. The molecule has 0 fully saturated rings. The Kier molecular flexibility index (Phi) is 7.69. The molecule has 0 saturated heterocycles. The Morgan fingerprint density at radius 2 is 2.11 bits per heavy atom. The maximum Gasteiger partial charge on any atom is 0.342 e. The monoisotopic (exact) mass is 452 g/mol. The number of aromatic hydroxyl groups is 1. The third-order valence-corrected chi connectivity index (χ3v) is 5.29. The average molecular weight is 453 g/mol. The fraction of sp³-hybridized carbons (Fsp3) is 0.429. The van der Waals surface area contributed by atoms with E-state index in [1.807, 2.05) is 26.0 Å². The van der Waals surface area contributed by atoms with Gasteiger partial charge in [-0.05, 0) is 43.7 Å². The lowest BCUT2D eigenvalue weighted by Gasteiger charge is -2.16. The second-order valence-electron chi connectivity index (χ2n) is 6.69. The number of methoxy groups -OCH3 is 2. The van der Waals surface area contributed by atoms with E-state index in [9.17, 15) is 14.7 Å². The van der Waals surface area contributed by atoms with Crippen LogP contribution >= 0.6 is 15.9 Å². The molecule has 0 aliphatic carbocycles. The van der Waals surface area contributed by atoms with Gasteiger partial charge in [0.1, 0.15) is 23.7 Å². The zero-order chi connectivity index (χ0) is 20.8. The molecule has 0 bridgehead atoms. The Morgan fingerprint density at radius 3 is 2.71 bits per heavy atom. The highest BCUT2D eigenvalue weighted by Crippen LogP contribution is 2.42. The fourth-order valence-electron chi connectivity index (χ4n) is 3.42. The Balaban J connectivity index is 2.29. The van der Waals surface area contributed by atoms with E-state index in [0.29, 0.717) is 36.1 Å². The van der Waals surface area contributed by atoms with Gasteiger partial charge in [0.2, 0.25) is 0 Å². The summed E-state index contributed by atoms with van der Waals surface area (Å²) < 4.78 is 15.4. The number of halogens is 1. The van der Waals surface area contributed by atoms with Gasteiger partial charge in [-0.25, -0.2) is 4.79 Å². The lowest BCUT2D eigenvalue weighted by atomic mass is 9.93. The first-order chi connectivity index (χ1) is 13.3. The van der Waals surface area contributed by atoms with Crippen molar-refractivity contribution >= 4 is 27.9 Å². The van der Waals surface area contributed by atoms with Crippen molar-refractivity contribution in [2.24, 2.45) is 5.92 Å². The molecule has 1 aliphatic rings. The number of cyclic esters (lactones) is 1. The molecule has 152 valence electrons. The molecule has 1 atom stereocenters. The number of carbonyl (C=O) groups excluding carboxylic acids is 2. The number of allylic oxidation sites excluding steroid dienone is 3. The minimum absolute atomic E-state index is 0.101. The number of carbonyl (C=O) groups is 2. The van der Waals surface area contributed by atoms with Crippen molar-refractivity contribution in [1.29, 1.82) is 0 Å². The average Bonchev–Trinajstić information content (AvgIpc) is 3.08. The van der Waals surface area contributed by atoms with Crippen molar-refractivity contribution in [1.82, 2.24) is 0 Å². The van der Waals surface area contributed by atoms with E-state index in [2.05, 4.69) is 15.9 Å². The van der Waals surface area contributed by atoms with Crippen LogP contribution in [0.15, 0.2) is 22.7 Å². The summed E-state index contributed by atoms with van der Waals surface area (Å²) in [4.78, 5) is 25.7. The van der Waals surface area contributed by atoms with E-state index in [-0.39, 0.29) is 29.8 Å². The summed E-state index contributed by atoms with van der Waals surface area (Å²) in [7, 11) is 2.91. The Hall–Kier alpha value is -2.28. The molecule has 1 aromatic rings. The van der Waals surface area contributed by atoms with E-state index < -0.39 is 5.97 Å². The van der Waals surface area contributed by atoms with Crippen molar-refractivity contribution in [2.45, 2.75) is 39.7 Å². The number of fused-ring (bicyclic) bond motifs is 1. The van der Waals surface area contributed by atoms with Gasteiger partial charge < -0.3 is 19.3 Å². The molecule has 0 spiro atoms. The summed E-state index contributed by atoms with van der Waals surface area (Å²) in [6.45, 7) is 3.91. The van der Waals surface area contributed by atoms with E-state index in [0.717, 1.165) is 11.1 Å². The third kappa shape index (κ3) is 4.58. The van der Waals surface area contributed by atoms with Gasteiger partial charge in [0.15, 0.2) is 0 Å². The van der Waals surface area contributed by atoms with Crippen LogP contribution in [0.2, 0.25) is 0 Å². The topological polar surface area (TPSA) is 82.1 Å². The van der Waals surface area contributed by atoms with Crippen molar-refractivity contribution in [3.63, 3.8) is 0 Å². The van der Waals surface area contributed by atoms with Gasteiger partial charge in [0.25, 0.3) is 0 Å². The van der Waals surface area contributed by atoms with Crippen LogP contribution in [0.25, 0.3) is 0 Å². The quantitative estimate of drug-likeness (QED) is 0.466. The number of esters is 2. The van der Waals surface area contributed by atoms with Crippen LogP contribution in [0.1, 0.15) is 46.8 Å². The normalized spacial score (nSPS) is 14.8. The van der Waals surface area contributed by atoms with Crippen LogP contribution in [-0.2, 0) is 27.3 Å². The Labute approximate surface area is 173 Å².